The summed E-state index contributed by atoms with van der Waals surface area (Å²) >= 11 is 0. The fraction of sp³-hybridized carbons (Fsp3) is 0.300. The van der Waals surface area contributed by atoms with Gasteiger partial charge in [-0.15, -0.1) is 0 Å². The molecule has 57 heavy (non-hydrogen) atoms. The molecule has 0 aromatic heterocycles. The first-order valence-corrected chi connectivity index (χ1v) is 17.2. The highest BCUT2D eigenvalue weighted by molar-refractivity contribution is 5.94. The Balaban J connectivity index is 1.62. The van der Waals surface area contributed by atoms with Crippen LogP contribution in [0.1, 0.15) is 52.0 Å². The van der Waals surface area contributed by atoms with Gasteiger partial charge in [0.05, 0.1) is 58.9 Å². The molecule has 304 valence electrons. The maximum absolute atomic E-state index is 13.3. The molecule has 0 fully saturated rings. The maximum atomic E-state index is 13.3. The highest BCUT2D eigenvalue weighted by atomic mass is 16.7. The van der Waals surface area contributed by atoms with Gasteiger partial charge in [-0.2, -0.15) is 0 Å². The van der Waals surface area contributed by atoms with Gasteiger partial charge in [-0.25, -0.2) is 28.8 Å². The lowest BCUT2D eigenvalue weighted by atomic mass is 10.1. The van der Waals surface area contributed by atoms with Crippen molar-refractivity contribution in [2.75, 3.05) is 47.8 Å². The van der Waals surface area contributed by atoms with Crippen LogP contribution >= 0.6 is 0 Å². The number of hydrogen-bond donors (Lipinski definition) is 0. The summed E-state index contributed by atoms with van der Waals surface area (Å²) in [5, 5.41) is 0. The summed E-state index contributed by atoms with van der Waals surface area (Å²) in [4.78, 5) is 73.2. The Morgan fingerprint density at radius 2 is 0.947 bits per heavy atom. The molecule has 0 unspecified atom stereocenters. The van der Waals surface area contributed by atoms with Gasteiger partial charge in [0.2, 0.25) is 5.75 Å². The average molecular weight is 795 g/mol. The van der Waals surface area contributed by atoms with Crippen LogP contribution in [0.15, 0.2) is 73.8 Å². The molecule has 0 aliphatic rings. The molecule has 0 N–H and O–H groups in total. The number of unbranched alkanes of at least 4 members (excludes halogenated alkanes) is 2. The number of carbonyl (C=O) groups is 6. The largest absolute Gasteiger partial charge is 0.514 e. The first-order chi connectivity index (χ1) is 27.4. The lowest BCUT2D eigenvalue weighted by Gasteiger charge is -2.16. The SMILES string of the molecule is C=CC(=O)OCCCCOC(=O)Oc1ccc(C(=O)Oc2cccc(OC(=O)c3cc(OC)c(OC(=O)OCCCCOC(=O)C=C)c(OC)c3)c2C)cc1OC. The Morgan fingerprint density at radius 3 is 1.42 bits per heavy atom. The van der Waals surface area contributed by atoms with Gasteiger partial charge in [0.1, 0.15) is 11.5 Å². The number of methoxy groups -OCH3 is 3. The summed E-state index contributed by atoms with van der Waals surface area (Å²) in [6.45, 7) is 8.43. The van der Waals surface area contributed by atoms with Crippen LogP contribution in [0, 0.1) is 6.92 Å². The zero-order chi connectivity index (χ0) is 41.7. The van der Waals surface area contributed by atoms with E-state index in [4.69, 9.17) is 52.1 Å². The summed E-state index contributed by atoms with van der Waals surface area (Å²) < 4.78 is 57.5. The highest BCUT2D eigenvalue weighted by Gasteiger charge is 2.23. The molecule has 0 aliphatic carbocycles. The number of rotatable bonds is 21. The lowest BCUT2D eigenvalue weighted by molar-refractivity contribution is -0.138. The minimum atomic E-state index is -1.07. The van der Waals surface area contributed by atoms with E-state index >= 15 is 0 Å². The highest BCUT2D eigenvalue weighted by Crippen LogP contribution is 2.39. The fourth-order valence-electron chi connectivity index (χ4n) is 4.52. The quantitative estimate of drug-likeness (QED) is 0.0281. The van der Waals surface area contributed by atoms with E-state index in [0.717, 1.165) is 12.2 Å². The normalized spacial score (nSPS) is 10.2. The fourth-order valence-corrected chi connectivity index (χ4v) is 4.52. The van der Waals surface area contributed by atoms with Gasteiger partial charge < -0.3 is 52.1 Å². The van der Waals surface area contributed by atoms with Crippen molar-refractivity contribution < 1.29 is 80.9 Å². The molecule has 0 atom stereocenters. The van der Waals surface area contributed by atoms with Gasteiger partial charge in [0.25, 0.3) is 0 Å². The third kappa shape index (κ3) is 14.0. The third-order valence-electron chi connectivity index (χ3n) is 7.45. The van der Waals surface area contributed by atoms with Crippen molar-refractivity contribution in [3.05, 3.63) is 90.5 Å². The number of benzene rings is 3. The third-order valence-corrected chi connectivity index (χ3v) is 7.45. The molecule has 0 aliphatic heterocycles. The van der Waals surface area contributed by atoms with Gasteiger partial charge in [-0.1, -0.05) is 19.2 Å². The minimum absolute atomic E-state index is 0.00863. The molecule has 17 heteroatoms. The Morgan fingerprint density at radius 1 is 0.509 bits per heavy atom. The monoisotopic (exact) mass is 794 g/mol. The summed E-state index contributed by atoms with van der Waals surface area (Å²) in [5.41, 5.74) is 0.304. The predicted molar refractivity (Wildman–Crippen MR) is 198 cm³/mol. The van der Waals surface area contributed by atoms with Crippen molar-refractivity contribution >= 4 is 36.2 Å². The number of ether oxygens (including phenoxy) is 11. The summed E-state index contributed by atoms with van der Waals surface area (Å²) in [6, 6.07) is 11.0. The van der Waals surface area contributed by atoms with E-state index < -0.39 is 36.2 Å². The van der Waals surface area contributed by atoms with Crippen LogP contribution in [0.3, 0.4) is 0 Å². The van der Waals surface area contributed by atoms with Crippen LogP contribution in [0.4, 0.5) is 9.59 Å². The van der Waals surface area contributed by atoms with Crippen LogP contribution in [0.2, 0.25) is 0 Å². The average Bonchev–Trinajstić information content (AvgIpc) is 3.21. The zero-order valence-corrected chi connectivity index (χ0v) is 31.8. The van der Waals surface area contributed by atoms with Crippen molar-refractivity contribution in [2.45, 2.75) is 32.6 Å². The Labute approximate surface area is 327 Å². The van der Waals surface area contributed by atoms with Crippen molar-refractivity contribution in [1.82, 2.24) is 0 Å². The van der Waals surface area contributed by atoms with Crippen LogP contribution in [0.5, 0.6) is 40.2 Å². The minimum Gasteiger partial charge on any atom is -0.493 e. The van der Waals surface area contributed by atoms with Gasteiger partial charge in [-0.3, -0.25) is 0 Å². The van der Waals surface area contributed by atoms with Gasteiger partial charge >= 0.3 is 36.2 Å². The van der Waals surface area contributed by atoms with E-state index in [-0.39, 0.29) is 77.8 Å². The first kappa shape index (κ1) is 44.4. The lowest BCUT2D eigenvalue weighted by Crippen LogP contribution is -2.15. The van der Waals surface area contributed by atoms with E-state index in [0.29, 0.717) is 31.2 Å². The van der Waals surface area contributed by atoms with E-state index in [9.17, 15) is 28.8 Å². The Kier molecular flexibility index (Phi) is 17.9. The molecule has 17 nitrogen and oxygen atoms in total. The zero-order valence-electron chi connectivity index (χ0n) is 31.8. The van der Waals surface area contributed by atoms with E-state index in [1.165, 1.54) is 69.9 Å². The van der Waals surface area contributed by atoms with Crippen molar-refractivity contribution in [3.8, 4) is 40.2 Å². The van der Waals surface area contributed by atoms with Gasteiger partial charge in [-0.05, 0) is 75.1 Å². The molecule has 3 rings (SSSR count). The number of hydrogen-bond acceptors (Lipinski definition) is 17. The molecule has 0 amide bonds. The van der Waals surface area contributed by atoms with E-state index in [2.05, 4.69) is 13.2 Å². The van der Waals surface area contributed by atoms with Crippen LogP contribution in [-0.4, -0.2) is 83.9 Å². The molecule has 0 saturated carbocycles. The number of esters is 4. The van der Waals surface area contributed by atoms with Gasteiger partial charge in [0, 0.05) is 17.7 Å². The smallest absolute Gasteiger partial charge is 0.493 e. The topological polar surface area (TPSA) is 204 Å². The molecule has 0 spiro atoms. The van der Waals surface area contributed by atoms with Crippen molar-refractivity contribution in [1.29, 1.82) is 0 Å². The molecule has 0 saturated heterocycles. The summed E-state index contributed by atoms with van der Waals surface area (Å²) in [7, 11) is 3.89. The van der Waals surface area contributed by atoms with Gasteiger partial charge in [0.15, 0.2) is 23.0 Å². The molecule has 3 aromatic rings. The standard InChI is InChI=1S/C40H42O17/c1-7-34(41)50-18-9-11-20-52-39(45)56-30-17-16-26(22-31(30)47-4)37(43)54-28-14-13-15-29(25(28)3)55-38(44)27-23-32(48-5)36(33(24-27)49-6)57-40(46)53-21-12-10-19-51-35(42)8-2/h7-8,13-17,22-24H,1-2,9-12,18-21H2,3-6H3. The molecule has 3 aromatic carbocycles. The van der Waals surface area contributed by atoms with Crippen molar-refractivity contribution in [3.63, 3.8) is 0 Å². The second-order valence-corrected chi connectivity index (χ2v) is 11.3. The summed E-state index contributed by atoms with van der Waals surface area (Å²) in [6.07, 6.45) is 1.71. The molecular formula is C40H42O17. The maximum Gasteiger partial charge on any atom is 0.514 e. The van der Waals surface area contributed by atoms with E-state index in [1.54, 1.807) is 6.92 Å². The van der Waals surface area contributed by atoms with Crippen molar-refractivity contribution in [2.24, 2.45) is 0 Å². The second-order valence-electron chi connectivity index (χ2n) is 11.3. The van der Waals surface area contributed by atoms with Crippen LogP contribution in [0.25, 0.3) is 0 Å². The Hall–Kier alpha value is -7.04. The molecule has 0 heterocycles. The van der Waals surface area contributed by atoms with Crippen LogP contribution in [-0.2, 0) is 28.5 Å². The molecule has 0 bridgehead atoms. The predicted octanol–water partition coefficient (Wildman–Crippen LogP) is 6.51. The number of carbonyl (C=O) groups excluding carboxylic acids is 6. The van der Waals surface area contributed by atoms with Crippen LogP contribution < -0.4 is 33.2 Å². The molecular weight excluding hydrogens is 752 g/mol. The van der Waals surface area contributed by atoms with E-state index in [1.807, 2.05) is 0 Å². The summed E-state index contributed by atoms with van der Waals surface area (Å²) in [5.74, 6) is -2.84. The Bertz CT molecular complexity index is 1910. The second kappa shape index (κ2) is 23.0. The first-order valence-electron chi connectivity index (χ1n) is 17.2. The molecule has 0 radical (unpaired) electrons.